The van der Waals surface area contributed by atoms with E-state index in [1.165, 1.54) is 30.0 Å². The minimum atomic E-state index is -0.613. The first-order valence-electron chi connectivity index (χ1n) is 11.6. The van der Waals surface area contributed by atoms with Gasteiger partial charge in [0.05, 0.1) is 16.8 Å². The number of carbonyl (C=O) groups excluding carboxylic acids is 1. The molecule has 7 nitrogen and oxygen atoms in total. The molecule has 1 amide bonds. The van der Waals surface area contributed by atoms with E-state index in [0.717, 1.165) is 0 Å². The Hall–Kier alpha value is -2.91. The SMILES string of the molecule is CSc1nccc(-c2ccn([C@H](c3ccc(Cl)c(F)c3)[C@@H]3CCN(C(=O)OC(C)(C)C)C3)c(=O)c2)n1. The smallest absolute Gasteiger partial charge is 0.410 e. The highest BCUT2D eigenvalue weighted by Crippen LogP contribution is 2.35. The Bertz CT molecular complexity index is 1330. The first-order chi connectivity index (χ1) is 17.1. The first-order valence-corrected chi connectivity index (χ1v) is 13.2. The minimum Gasteiger partial charge on any atom is -0.444 e. The largest absolute Gasteiger partial charge is 0.444 e. The van der Waals surface area contributed by atoms with Gasteiger partial charge in [-0.05, 0) is 63.3 Å². The molecule has 1 aromatic carbocycles. The standard InChI is InChI=1S/C26H28ClFN4O3S/c1-26(2,3)35-25(34)31-11-8-18(15-31)23(17-5-6-19(27)20(28)13-17)32-12-9-16(14-22(32)33)21-7-10-29-24(30-21)36-4/h5-7,9-10,12-14,18,23H,8,11,15H2,1-4H3/t18-,23-/m1/s1. The van der Waals surface area contributed by atoms with Crippen LogP contribution in [0.4, 0.5) is 9.18 Å². The quantitative estimate of drug-likeness (QED) is 0.312. The zero-order valence-electron chi connectivity index (χ0n) is 20.6. The van der Waals surface area contributed by atoms with Crippen molar-refractivity contribution < 1.29 is 13.9 Å². The predicted molar refractivity (Wildman–Crippen MR) is 139 cm³/mol. The third-order valence-electron chi connectivity index (χ3n) is 5.97. The topological polar surface area (TPSA) is 77.3 Å². The molecule has 36 heavy (non-hydrogen) atoms. The summed E-state index contributed by atoms with van der Waals surface area (Å²) in [5.74, 6) is -0.694. The van der Waals surface area contributed by atoms with Gasteiger partial charge in [0.25, 0.3) is 5.56 Å². The van der Waals surface area contributed by atoms with Crippen LogP contribution < -0.4 is 5.56 Å². The van der Waals surface area contributed by atoms with E-state index in [0.29, 0.717) is 41.5 Å². The van der Waals surface area contributed by atoms with Crippen LogP contribution >= 0.6 is 23.4 Å². The second kappa shape index (κ2) is 10.6. The third-order valence-corrected chi connectivity index (χ3v) is 6.84. The van der Waals surface area contributed by atoms with Crippen molar-refractivity contribution >= 4 is 29.5 Å². The lowest BCUT2D eigenvalue weighted by Crippen LogP contribution is -2.37. The van der Waals surface area contributed by atoms with E-state index in [2.05, 4.69) is 9.97 Å². The Morgan fingerprint density at radius 1 is 1.25 bits per heavy atom. The lowest BCUT2D eigenvalue weighted by atomic mass is 9.91. The average molecular weight is 531 g/mol. The first kappa shape index (κ1) is 26.2. The van der Waals surface area contributed by atoms with E-state index in [9.17, 15) is 14.0 Å². The number of benzene rings is 1. The number of pyridine rings is 1. The summed E-state index contributed by atoms with van der Waals surface area (Å²) in [6.07, 6.45) is 5.47. The van der Waals surface area contributed by atoms with Gasteiger partial charge >= 0.3 is 6.09 Å². The summed E-state index contributed by atoms with van der Waals surface area (Å²) in [5.41, 5.74) is 1.04. The summed E-state index contributed by atoms with van der Waals surface area (Å²) in [6, 6.07) is 9.16. The number of thioether (sulfide) groups is 1. The number of carbonyl (C=O) groups is 1. The van der Waals surface area contributed by atoms with Crippen molar-refractivity contribution in [1.82, 2.24) is 19.4 Å². The summed E-state index contributed by atoms with van der Waals surface area (Å²) < 4.78 is 21.6. The molecule has 0 saturated carbocycles. The number of nitrogens with zero attached hydrogens (tertiary/aromatic N) is 4. The fraction of sp³-hybridized carbons (Fsp3) is 0.385. The second-order valence-corrected chi connectivity index (χ2v) is 10.9. The van der Waals surface area contributed by atoms with E-state index >= 15 is 0 Å². The van der Waals surface area contributed by atoms with Gasteiger partial charge in [-0.15, -0.1) is 0 Å². The van der Waals surface area contributed by atoms with Gasteiger partial charge in [0.2, 0.25) is 0 Å². The van der Waals surface area contributed by atoms with Crippen LogP contribution in [0.2, 0.25) is 5.02 Å². The maximum absolute atomic E-state index is 14.5. The fourth-order valence-corrected chi connectivity index (χ4v) is 4.85. The normalized spacial score (nSPS) is 16.7. The molecule has 3 aromatic rings. The van der Waals surface area contributed by atoms with Crippen LogP contribution in [0.3, 0.4) is 0 Å². The van der Waals surface area contributed by atoms with Crippen LogP contribution in [0, 0.1) is 11.7 Å². The number of likely N-dealkylation sites (tertiary alicyclic amines) is 1. The zero-order chi connectivity index (χ0) is 26.0. The van der Waals surface area contributed by atoms with Crippen molar-refractivity contribution in [2.24, 2.45) is 5.92 Å². The molecule has 3 heterocycles. The van der Waals surface area contributed by atoms with E-state index in [1.54, 1.807) is 34.0 Å². The van der Waals surface area contributed by atoms with Gasteiger partial charge in [-0.1, -0.05) is 29.4 Å². The van der Waals surface area contributed by atoms with Crippen molar-refractivity contribution in [1.29, 1.82) is 0 Å². The molecule has 0 unspecified atom stereocenters. The summed E-state index contributed by atoms with van der Waals surface area (Å²) in [4.78, 5) is 36.3. The Kier molecular flexibility index (Phi) is 7.70. The van der Waals surface area contributed by atoms with Crippen molar-refractivity contribution in [3.05, 3.63) is 75.5 Å². The molecule has 1 aliphatic rings. The van der Waals surface area contributed by atoms with Crippen molar-refractivity contribution in [2.75, 3.05) is 19.3 Å². The lowest BCUT2D eigenvalue weighted by Gasteiger charge is -2.28. The second-order valence-electron chi connectivity index (χ2n) is 9.68. The van der Waals surface area contributed by atoms with Gasteiger partial charge in [-0.25, -0.2) is 19.2 Å². The summed E-state index contributed by atoms with van der Waals surface area (Å²) in [5, 5.41) is 0.620. The van der Waals surface area contributed by atoms with Gasteiger partial charge in [0, 0.05) is 43.0 Å². The number of aromatic nitrogens is 3. The lowest BCUT2D eigenvalue weighted by molar-refractivity contribution is 0.0285. The highest BCUT2D eigenvalue weighted by Gasteiger charge is 2.36. The molecule has 0 N–H and O–H groups in total. The Morgan fingerprint density at radius 3 is 2.69 bits per heavy atom. The molecular formula is C26H28ClFN4O3S. The number of amides is 1. The molecular weight excluding hydrogens is 503 g/mol. The van der Waals surface area contributed by atoms with Crippen LogP contribution in [0.5, 0.6) is 0 Å². The molecule has 4 rings (SSSR count). The molecule has 190 valence electrons. The molecule has 1 saturated heterocycles. The van der Waals surface area contributed by atoms with E-state index < -0.39 is 23.6 Å². The van der Waals surface area contributed by atoms with Gasteiger partial charge < -0.3 is 14.2 Å². The van der Waals surface area contributed by atoms with E-state index in [4.69, 9.17) is 16.3 Å². The van der Waals surface area contributed by atoms with Crippen LogP contribution in [-0.4, -0.2) is 50.5 Å². The molecule has 10 heteroatoms. The van der Waals surface area contributed by atoms with Gasteiger partial charge in [-0.3, -0.25) is 4.79 Å². The number of hydrogen-bond acceptors (Lipinski definition) is 6. The highest BCUT2D eigenvalue weighted by atomic mass is 35.5. The maximum Gasteiger partial charge on any atom is 0.410 e. The van der Waals surface area contributed by atoms with Crippen LogP contribution in [-0.2, 0) is 4.74 Å². The molecule has 1 aliphatic heterocycles. The number of halogens is 2. The van der Waals surface area contributed by atoms with Crippen molar-refractivity contribution in [3.8, 4) is 11.3 Å². The van der Waals surface area contributed by atoms with Crippen LogP contribution in [0.25, 0.3) is 11.3 Å². The fourth-order valence-electron chi connectivity index (χ4n) is 4.37. The van der Waals surface area contributed by atoms with Crippen molar-refractivity contribution in [3.63, 3.8) is 0 Å². The summed E-state index contributed by atoms with van der Waals surface area (Å²) in [7, 11) is 0. The molecule has 2 atom stereocenters. The monoisotopic (exact) mass is 530 g/mol. The number of rotatable bonds is 5. The number of hydrogen-bond donors (Lipinski definition) is 0. The summed E-state index contributed by atoms with van der Waals surface area (Å²) in [6.45, 7) is 6.31. The minimum absolute atomic E-state index is 0.00959. The van der Waals surface area contributed by atoms with Gasteiger partial charge in [0.15, 0.2) is 5.16 Å². The predicted octanol–water partition coefficient (Wildman–Crippen LogP) is 5.67. The molecule has 0 aliphatic carbocycles. The zero-order valence-corrected chi connectivity index (χ0v) is 22.1. The Labute approximate surface area is 218 Å². The van der Waals surface area contributed by atoms with Gasteiger partial charge in [-0.2, -0.15) is 0 Å². The Balaban J connectivity index is 1.70. The molecule has 0 bridgehead atoms. The molecule has 0 radical (unpaired) electrons. The number of ether oxygens (including phenoxy) is 1. The van der Waals surface area contributed by atoms with Gasteiger partial charge in [0.1, 0.15) is 11.4 Å². The van der Waals surface area contributed by atoms with E-state index in [-0.39, 0.29) is 16.5 Å². The molecule has 0 spiro atoms. The van der Waals surface area contributed by atoms with Crippen LogP contribution in [0.1, 0.15) is 38.8 Å². The Morgan fingerprint density at radius 2 is 2.03 bits per heavy atom. The maximum atomic E-state index is 14.5. The highest BCUT2D eigenvalue weighted by molar-refractivity contribution is 7.98. The molecule has 2 aromatic heterocycles. The molecule has 1 fully saturated rings. The van der Waals surface area contributed by atoms with Crippen LogP contribution in [0.15, 0.2) is 58.7 Å². The van der Waals surface area contributed by atoms with Crippen molar-refractivity contribution in [2.45, 2.75) is 44.0 Å². The summed E-state index contributed by atoms with van der Waals surface area (Å²) >= 11 is 7.35. The third kappa shape index (κ3) is 5.90. The average Bonchev–Trinajstić information content (AvgIpc) is 3.31. The van der Waals surface area contributed by atoms with E-state index in [1.807, 2.05) is 33.1 Å².